The fraction of sp³-hybridized carbons (Fsp3) is 0.333. The van der Waals surface area contributed by atoms with Gasteiger partial charge in [0.15, 0.2) is 11.9 Å². The van der Waals surface area contributed by atoms with Gasteiger partial charge in [-0.2, -0.15) is 4.98 Å². The number of aliphatic hydroxyl groups excluding tert-OH is 2. The minimum atomic E-state index is -1.01. The van der Waals surface area contributed by atoms with E-state index in [4.69, 9.17) is 10.5 Å². The Morgan fingerprint density at radius 3 is 2.86 bits per heavy atom. The molecule has 1 aliphatic rings. The van der Waals surface area contributed by atoms with Crippen LogP contribution in [0.3, 0.4) is 0 Å². The van der Waals surface area contributed by atoms with Gasteiger partial charge in [0, 0.05) is 12.0 Å². The Balaban J connectivity index is 1.88. The summed E-state index contributed by atoms with van der Waals surface area (Å²) in [5.74, 6) is -0.0297. The monoisotopic (exact) mass is 385 g/mol. The first-order valence-corrected chi connectivity index (χ1v) is 8.74. The third kappa shape index (κ3) is 2.97. The van der Waals surface area contributed by atoms with Crippen molar-refractivity contribution in [3.63, 3.8) is 0 Å². The van der Waals surface area contributed by atoms with Crippen LogP contribution < -0.4 is 11.4 Å². The number of carbonyl (C=O) groups excluding carboxylic acids is 1. The molecule has 0 saturated carbocycles. The summed E-state index contributed by atoms with van der Waals surface area (Å²) in [6.45, 7) is -0.165. The number of nitrogens with zero attached hydrogens (tertiary/aromatic N) is 4. The lowest BCUT2D eigenvalue weighted by Crippen LogP contribution is -2.32. The molecule has 0 spiro atoms. The highest BCUT2D eigenvalue weighted by Crippen LogP contribution is 2.30. The minimum absolute atomic E-state index is 0.0297. The van der Waals surface area contributed by atoms with Gasteiger partial charge in [0.1, 0.15) is 17.9 Å². The molecule has 2 aromatic heterocycles. The first-order valence-electron chi connectivity index (χ1n) is 8.74. The molecule has 3 heterocycles. The van der Waals surface area contributed by atoms with Crippen molar-refractivity contribution in [1.29, 1.82) is 0 Å². The molecule has 1 saturated heterocycles. The number of hydrogen-bond donors (Lipinski definition) is 3. The molecule has 4 rings (SSSR count). The molecule has 0 amide bonds. The van der Waals surface area contributed by atoms with Gasteiger partial charge in [0.25, 0.3) is 0 Å². The molecule has 1 aromatic carbocycles. The van der Waals surface area contributed by atoms with Gasteiger partial charge in [-0.15, -0.1) is 0 Å². The molecular formula is C18H19N5O5. The van der Waals surface area contributed by atoms with E-state index >= 15 is 0 Å². The number of nitrogen functional groups attached to an aromatic ring is 1. The molecular weight excluding hydrogens is 366 g/mol. The van der Waals surface area contributed by atoms with Gasteiger partial charge in [0.2, 0.25) is 5.95 Å². The minimum Gasteiger partial charge on any atom is -0.394 e. The Morgan fingerprint density at radius 2 is 2.14 bits per heavy atom. The van der Waals surface area contributed by atoms with Crippen LogP contribution in [0.4, 0.5) is 5.95 Å². The van der Waals surface area contributed by atoms with E-state index < -0.39 is 24.1 Å². The van der Waals surface area contributed by atoms with Crippen LogP contribution in [0.25, 0.3) is 11.2 Å². The lowest BCUT2D eigenvalue weighted by atomic mass is 10.1. The van der Waals surface area contributed by atoms with Crippen LogP contribution in [0.5, 0.6) is 0 Å². The number of hydrogen-bond acceptors (Lipinski definition) is 8. The van der Waals surface area contributed by atoms with Crippen LogP contribution in [0, 0.1) is 0 Å². The maximum Gasteiger partial charge on any atom is 0.332 e. The number of imidazole rings is 1. The Kier molecular flexibility index (Phi) is 4.67. The van der Waals surface area contributed by atoms with Crippen molar-refractivity contribution in [2.75, 3.05) is 12.3 Å². The van der Waals surface area contributed by atoms with E-state index in [0.717, 1.165) is 6.29 Å². The van der Waals surface area contributed by atoms with Crippen molar-refractivity contribution in [3.8, 4) is 0 Å². The standard InChI is InChI=1S/C18H19N5O5/c19-17-20-6-13-15(21-17)23(16-14(26)5-12(9-25)28-16)18(27)22(13)7-10-3-1-2-4-11(10)8-24/h1-4,6,8,12,14,16,25-26H,5,7,9H2,(H2,19,20,21)/t12-,14+,16+/m0/s1. The second-order valence-corrected chi connectivity index (χ2v) is 6.63. The topological polar surface area (TPSA) is 145 Å². The first-order chi connectivity index (χ1) is 13.5. The highest BCUT2D eigenvalue weighted by atomic mass is 16.5. The number of carbonyl (C=O) groups is 1. The fourth-order valence-electron chi connectivity index (χ4n) is 3.50. The van der Waals surface area contributed by atoms with E-state index in [0.29, 0.717) is 16.6 Å². The summed E-state index contributed by atoms with van der Waals surface area (Å²) < 4.78 is 8.26. The van der Waals surface area contributed by atoms with Crippen LogP contribution in [-0.4, -0.2) is 54.4 Å². The largest absolute Gasteiger partial charge is 0.394 e. The molecule has 0 bridgehead atoms. The highest BCUT2D eigenvalue weighted by molar-refractivity contribution is 5.77. The van der Waals surface area contributed by atoms with Crippen molar-refractivity contribution in [1.82, 2.24) is 19.1 Å². The Bertz CT molecular complexity index is 1090. The maximum atomic E-state index is 13.2. The summed E-state index contributed by atoms with van der Waals surface area (Å²) in [5.41, 5.74) is 6.93. The van der Waals surface area contributed by atoms with Crippen LogP contribution in [0.1, 0.15) is 28.6 Å². The second-order valence-electron chi connectivity index (χ2n) is 6.63. The summed E-state index contributed by atoms with van der Waals surface area (Å²) >= 11 is 0. The number of ether oxygens (including phenoxy) is 1. The van der Waals surface area contributed by atoms with E-state index in [9.17, 15) is 19.8 Å². The van der Waals surface area contributed by atoms with Crippen LogP contribution in [0.2, 0.25) is 0 Å². The molecule has 0 radical (unpaired) electrons. The molecule has 146 valence electrons. The van der Waals surface area contributed by atoms with Crippen LogP contribution in [0.15, 0.2) is 35.3 Å². The summed E-state index contributed by atoms with van der Waals surface area (Å²) in [5, 5.41) is 19.7. The number of aromatic nitrogens is 4. The zero-order valence-corrected chi connectivity index (χ0v) is 14.8. The quantitative estimate of drug-likeness (QED) is 0.507. The number of anilines is 1. The average molecular weight is 385 g/mol. The van der Waals surface area contributed by atoms with Crippen LogP contribution >= 0.6 is 0 Å². The van der Waals surface area contributed by atoms with Gasteiger partial charge in [-0.1, -0.05) is 24.3 Å². The van der Waals surface area contributed by atoms with Crippen molar-refractivity contribution in [2.45, 2.75) is 31.4 Å². The van der Waals surface area contributed by atoms with Gasteiger partial charge < -0.3 is 20.7 Å². The van der Waals surface area contributed by atoms with E-state index in [2.05, 4.69) is 9.97 Å². The lowest BCUT2D eigenvalue weighted by molar-refractivity contribution is -0.0505. The normalized spacial score (nSPS) is 22.0. The maximum absolute atomic E-state index is 13.2. The van der Waals surface area contributed by atoms with E-state index in [1.807, 2.05) is 0 Å². The molecule has 10 nitrogen and oxygen atoms in total. The number of fused-ring (bicyclic) bond motifs is 1. The lowest BCUT2D eigenvalue weighted by Gasteiger charge is -2.15. The van der Waals surface area contributed by atoms with Crippen LogP contribution in [-0.2, 0) is 11.3 Å². The number of rotatable bonds is 5. The first kappa shape index (κ1) is 18.3. The second kappa shape index (κ2) is 7.15. The Hall–Kier alpha value is -3.08. The summed E-state index contributed by atoms with van der Waals surface area (Å²) in [6.07, 6.45) is -0.251. The predicted octanol–water partition coefficient (Wildman–Crippen LogP) is -0.323. The fourth-order valence-corrected chi connectivity index (χ4v) is 3.50. The molecule has 4 N–H and O–H groups in total. The van der Waals surface area contributed by atoms with E-state index in [-0.39, 0.29) is 31.2 Å². The smallest absolute Gasteiger partial charge is 0.332 e. The van der Waals surface area contributed by atoms with Crippen molar-refractivity contribution in [2.24, 2.45) is 0 Å². The number of aldehydes is 1. The summed E-state index contributed by atoms with van der Waals surface area (Å²) in [7, 11) is 0. The zero-order valence-electron chi connectivity index (χ0n) is 14.8. The number of aliphatic hydroxyl groups is 2. The molecule has 0 aliphatic carbocycles. The molecule has 1 fully saturated rings. The zero-order chi connectivity index (χ0) is 19.8. The van der Waals surface area contributed by atoms with Crippen molar-refractivity contribution >= 4 is 23.4 Å². The van der Waals surface area contributed by atoms with Gasteiger partial charge in [-0.3, -0.25) is 9.36 Å². The Morgan fingerprint density at radius 1 is 1.36 bits per heavy atom. The predicted molar refractivity (Wildman–Crippen MR) is 98.8 cm³/mol. The third-order valence-electron chi connectivity index (χ3n) is 4.86. The molecule has 10 heteroatoms. The van der Waals surface area contributed by atoms with E-state index in [1.54, 1.807) is 24.3 Å². The van der Waals surface area contributed by atoms with Gasteiger partial charge in [0.05, 0.1) is 25.5 Å². The average Bonchev–Trinajstić information content (AvgIpc) is 3.19. The van der Waals surface area contributed by atoms with Gasteiger partial charge in [-0.25, -0.2) is 14.3 Å². The van der Waals surface area contributed by atoms with Gasteiger partial charge >= 0.3 is 5.69 Å². The number of benzene rings is 1. The molecule has 3 aromatic rings. The third-order valence-corrected chi connectivity index (χ3v) is 4.86. The SMILES string of the molecule is Nc1ncc2c(n1)n([C@@H]1O[C@H](CO)C[C@H]1O)c(=O)n2Cc1ccccc1C=O. The highest BCUT2D eigenvalue weighted by Gasteiger charge is 2.37. The summed E-state index contributed by atoms with van der Waals surface area (Å²) in [4.78, 5) is 32.7. The van der Waals surface area contributed by atoms with Crippen molar-refractivity contribution < 1.29 is 19.7 Å². The molecule has 3 atom stereocenters. The summed E-state index contributed by atoms with van der Waals surface area (Å²) in [6, 6.07) is 6.93. The van der Waals surface area contributed by atoms with Crippen molar-refractivity contribution in [3.05, 3.63) is 52.1 Å². The van der Waals surface area contributed by atoms with Gasteiger partial charge in [-0.05, 0) is 5.56 Å². The Labute approximate surface area is 158 Å². The number of nitrogens with two attached hydrogens (primary N) is 1. The van der Waals surface area contributed by atoms with E-state index in [1.165, 1.54) is 15.3 Å². The molecule has 1 aliphatic heterocycles. The molecule has 28 heavy (non-hydrogen) atoms. The molecule has 0 unspecified atom stereocenters.